The van der Waals surface area contributed by atoms with Gasteiger partial charge in [0.1, 0.15) is 0 Å². The molecule has 0 spiro atoms. The zero-order valence-electron chi connectivity index (χ0n) is 12.4. The molecule has 3 N–H and O–H groups in total. The van der Waals surface area contributed by atoms with Crippen molar-refractivity contribution in [1.29, 1.82) is 0 Å². The third-order valence-corrected chi connectivity index (χ3v) is 3.59. The molecule has 6 nitrogen and oxygen atoms in total. The average molecular weight is 300 g/mol. The summed E-state index contributed by atoms with van der Waals surface area (Å²) in [4.78, 5) is 11.8. The quantitative estimate of drug-likeness (QED) is 0.677. The standard InChI is InChI=1S/C13H24N4O2S/c1-9(2)5-4-6-10(3)15-11(18)8-20-13-17-16-12(7-14)19-13/h9-10H,4-8,14H2,1-3H3,(H,15,18). The number of carbonyl (C=O) groups excluding carboxylic acids is 1. The van der Waals surface area contributed by atoms with Gasteiger partial charge in [-0.1, -0.05) is 38.5 Å². The molecule has 1 aromatic rings. The van der Waals surface area contributed by atoms with E-state index in [0.29, 0.717) is 17.0 Å². The van der Waals surface area contributed by atoms with Crippen molar-refractivity contribution >= 4 is 17.7 Å². The number of nitrogens with zero attached hydrogens (tertiary/aromatic N) is 2. The van der Waals surface area contributed by atoms with Crippen LogP contribution < -0.4 is 11.1 Å². The first-order chi connectivity index (χ1) is 9.51. The molecule has 0 aliphatic heterocycles. The highest BCUT2D eigenvalue weighted by Gasteiger charge is 2.11. The minimum atomic E-state index is -0.0143. The molecule has 1 aromatic heterocycles. The number of nitrogens with one attached hydrogen (secondary N) is 1. The predicted octanol–water partition coefficient (Wildman–Crippen LogP) is 1.95. The first-order valence-corrected chi connectivity index (χ1v) is 7.94. The number of nitrogens with two attached hydrogens (primary N) is 1. The lowest BCUT2D eigenvalue weighted by Crippen LogP contribution is -2.33. The molecule has 0 aliphatic rings. The van der Waals surface area contributed by atoms with Crippen LogP contribution >= 0.6 is 11.8 Å². The normalized spacial score (nSPS) is 12.7. The molecule has 114 valence electrons. The van der Waals surface area contributed by atoms with Crippen LogP contribution in [0.2, 0.25) is 0 Å². The van der Waals surface area contributed by atoms with Crippen molar-refractivity contribution in [2.45, 2.75) is 57.8 Å². The summed E-state index contributed by atoms with van der Waals surface area (Å²) in [6.45, 7) is 6.66. The van der Waals surface area contributed by atoms with Crippen molar-refractivity contribution in [2.75, 3.05) is 5.75 Å². The molecule has 1 rings (SSSR count). The highest BCUT2D eigenvalue weighted by Crippen LogP contribution is 2.15. The largest absolute Gasteiger partial charge is 0.415 e. The van der Waals surface area contributed by atoms with Gasteiger partial charge in [0.2, 0.25) is 11.8 Å². The van der Waals surface area contributed by atoms with E-state index in [4.69, 9.17) is 10.2 Å². The highest BCUT2D eigenvalue weighted by atomic mass is 32.2. The van der Waals surface area contributed by atoms with Crippen LogP contribution in [-0.2, 0) is 11.3 Å². The van der Waals surface area contributed by atoms with Gasteiger partial charge in [-0.3, -0.25) is 4.79 Å². The summed E-state index contributed by atoms with van der Waals surface area (Å²) >= 11 is 1.23. The molecule has 1 heterocycles. The van der Waals surface area contributed by atoms with E-state index in [0.717, 1.165) is 12.8 Å². The second-order valence-electron chi connectivity index (χ2n) is 5.25. The SMILES string of the molecule is CC(C)CCCC(C)NC(=O)CSc1nnc(CN)o1. The minimum absolute atomic E-state index is 0.0143. The monoisotopic (exact) mass is 300 g/mol. The molecule has 1 atom stereocenters. The Hall–Kier alpha value is -1.08. The zero-order valence-corrected chi connectivity index (χ0v) is 13.2. The Morgan fingerprint density at radius 1 is 1.35 bits per heavy atom. The van der Waals surface area contributed by atoms with Crippen LogP contribution in [0.15, 0.2) is 9.64 Å². The Morgan fingerprint density at radius 2 is 2.10 bits per heavy atom. The molecular weight excluding hydrogens is 276 g/mol. The highest BCUT2D eigenvalue weighted by molar-refractivity contribution is 7.99. The maximum atomic E-state index is 11.8. The molecule has 0 aromatic carbocycles. The van der Waals surface area contributed by atoms with E-state index in [-0.39, 0.29) is 24.2 Å². The van der Waals surface area contributed by atoms with Crippen molar-refractivity contribution in [2.24, 2.45) is 11.7 Å². The number of thioether (sulfide) groups is 1. The van der Waals surface area contributed by atoms with Crippen LogP contribution in [0.4, 0.5) is 0 Å². The molecule has 1 amide bonds. The number of hydrogen-bond acceptors (Lipinski definition) is 6. The van der Waals surface area contributed by atoms with E-state index in [2.05, 4.69) is 29.4 Å². The topological polar surface area (TPSA) is 94.0 Å². The summed E-state index contributed by atoms with van der Waals surface area (Å²) in [7, 11) is 0. The summed E-state index contributed by atoms with van der Waals surface area (Å²) in [5, 5.41) is 10.9. The Labute approximate surface area is 124 Å². The van der Waals surface area contributed by atoms with Crippen molar-refractivity contribution in [3.8, 4) is 0 Å². The first kappa shape index (κ1) is 17.0. The van der Waals surface area contributed by atoms with E-state index < -0.39 is 0 Å². The molecule has 0 aliphatic carbocycles. The molecule has 0 bridgehead atoms. The van der Waals surface area contributed by atoms with E-state index in [1.165, 1.54) is 18.2 Å². The van der Waals surface area contributed by atoms with Crippen molar-refractivity contribution in [3.63, 3.8) is 0 Å². The molecule has 0 saturated heterocycles. The number of carbonyl (C=O) groups is 1. The molecule has 0 saturated carbocycles. The van der Waals surface area contributed by atoms with E-state index in [1.54, 1.807) is 0 Å². The van der Waals surface area contributed by atoms with Gasteiger partial charge in [-0.2, -0.15) is 0 Å². The van der Waals surface area contributed by atoms with Crippen LogP contribution in [0.5, 0.6) is 0 Å². The Morgan fingerprint density at radius 3 is 2.70 bits per heavy atom. The molecule has 0 radical (unpaired) electrons. The van der Waals surface area contributed by atoms with Gasteiger partial charge in [0.25, 0.3) is 5.22 Å². The lowest BCUT2D eigenvalue weighted by atomic mass is 10.0. The lowest BCUT2D eigenvalue weighted by Gasteiger charge is -2.14. The first-order valence-electron chi connectivity index (χ1n) is 6.95. The fraction of sp³-hybridized carbons (Fsp3) is 0.769. The second kappa shape index (κ2) is 8.97. The summed E-state index contributed by atoms with van der Waals surface area (Å²) in [5.74, 6) is 1.36. The number of rotatable bonds is 9. The van der Waals surface area contributed by atoms with Gasteiger partial charge in [-0.15, -0.1) is 10.2 Å². The zero-order chi connectivity index (χ0) is 15.0. The average Bonchev–Trinajstić information content (AvgIpc) is 2.83. The van der Waals surface area contributed by atoms with Gasteiger partial charge in [0.15, 0.2) is 0 Å². The van der Waals surface area contributed by atoms with Gasteiger partial charge in [0, 0.05) is 6.04 Å². The third kappa shape index (κ3) is 6.91. The van der Waals surface area contributed by atoms with Gasteiger partial charge < -0.3 is 15.5 Å². The lowest BCUT2D eigenvalue weighted by molar-refractivity contribution is -0.119. The van der Waals surface area contributed by atoms with Gasteiger partial charge >= 0.3 is 0 Å². The fourth-order valence-corrected chi connectivity index (χ4v) is 2.32. The molecular formula is C13H24N4O2S. The van der Waals surface area contributed by atoms with Crippen molar-refractivity contribution in [1.82, 2.24) is 15.5 Å². The molecule has 7 heteroatoms. The van der Waals surface area contributed by atoms with Crippen molar-refractivity contribution in [3.05, 3.63) is 5.89 Å². The number of hydrogen-bond donors (Lipinski definition) is 2. The van der Waals surface area contributed by atoms with Crippen LogP contribution in [0.25, 0.3) is 0 Å². The maximum absolute atomic E-state index is 11.8. The second-order valence-corrected chi connectivity index (χ2v) is 6.17. The Bertz CT molecular complexity index is 409. The van der Waals surface area contributed by atoms with Crippen LogP contribution in [0, 0.1) is 5.92 Å². The summed E-state index contributed by atoms with van der Waals surface area (Å²) in [6, 6.07) is 0.198. The Balaban J connectivity index is 2.19. The van der Waals surface area contributed by atoms with Gasteiger partial charge in [-0.05, 0) is 19.3 Å². The van der Waals surface area contributed by atoms with E-state index in [9.17, 15) is 4.79 Å². The molecule has 20 heavy (non-hydrogen) atoms. The minimum Gasteiger partial charge on any atom is -0.415 e. The Kier molecular flexibility index (Phi) is 7.61. The number of amides is 1. The van der Waals surface area contributed by atoms with Gasteiger partial charge in [0.05, 0.1) is 12.3 Å². The van der Waals surface area contributed by atoms with Crippen LogP contribution in [0.3, 0.4) is 0 Å². The van der Waals surface area contributed by atoms with Gasteiger partial charge in [-0.25, -0.2) is 0 Å². The van der Waals surface area contributed by atoms with Crippen LogP contribution in [-0.4, -0.2) is 27.9 Å². The summed E-state index contributed by atoms with van der Waals surface area (Å²) in [6.07, 6.45) is 3.33. The molecule has 0 fully saturated rings. The van der Waals surface area contributed by atoms with Crippen LogP contribution in [0.1, 0.15) is 45.9 Å². The fourth-order valence-electron chi connectivity index (χ4n) is 1.73. The number of aromatic nitrogens is 2. The predicted molar refractivity (Wildman–Crippen MR) is 79.2 cm³/mol. The molecule has 1 unspecified atom stereocenters. The summed E-state index contributed by atoms with van der Waals surface area (Å²) < 4.78 is 5.22. The van der Waals surface area contributed by atoms with Crippen molar-refractivity contribution < 1.29 is 9.21 Å². The smallest absolute Gasteiger partial charge is 0.277 e. The summed E-state index contributed by atoms with van der Waals surface area (Å²) in [5.41, 5.74) is 5.37. The van der Waals surface area contributed by atoms with E-state index in [1.807, 2.05) is 6.92 Å². The van der Waals surface area contributed by atoms with E-state index >= 15 is 0 Å². The third-order valence-electron chi connectivity index (χ3n) is 2.78. The maximum Gasteiger partial charge on any atom is 0.277 e.